The van der Waals surface area contributed by atoms with Crippen LogP contribution in [0, 0.1) is 0 Å². The van der Waals surface area contributed by atoms with E-state index in [4.69, 9.17) is 27.9 Å². The Hall–Kier alpha value is -0.950. The highest BCUT2D eigenvalue weighted by Crippen LogP contribution is 2.36. The summed E-state index contributed by atoms with van der Waals surface area (Å²) in [6.07, 6.45) is 0. The number of hydrogen-bond donors (Lipinski definition) is 1. The number of hydrogen-bond acceptors (Lipinski definition) is 4. The summed E-state index contributed by atoms with van der Waals surface area (Å²) in [6.45, 7) is 0. The zero-order chi connectivity index (χ0) is 14.0. The topological polar surface area (TPSA) is 55.4 Å². The molecule has 1 N–H and O–H groups in total. The van der Waals surface area contributed by atoms with Crippen molar-refractivity contribution in [3.63, 3.8) is 0 Å². The molecule has 8 heteroatoms. The summed E-state index contributed by atoms with van der Waals surface area (Å²) >= 11 is 12.6. The van der Waals surface area contributed by atoms with Crippen LogP contribution in [0.5, 0.6) is 5.75 Å². The molecule has 2 rings (SSSR count). The average molecular weight is 338 g/mol. The maximum absolute atomic E-state index is 12.2. The minimum Gasteiger partial charge on any atom is -0.495 e. The number of nitrogens with one attached hydrogen (secondary N) is 1. The van der Waals surface area contributed by atoms with E-state index >= 15 is 0 Å². The molecule has 0 saturated heterocycles. The normalized spacial score (nSPS) is 11.3. The van der Waals surface area contributed by atoms with E-state index in [1.54, 1.807) is 24.3 Å². The summed E-state index contributed by atoms with van der Waals surface area (Å²) in [4.78, 5) is -0.0462. The fourth-order valence-corrected chi connectivity index (χ4v) is 4.66. The second-order valence-corrected chi connectivity index (χ2v) is 7.43. The van der Waals surface area contributed by atoms with Crippen LogP contribution < -0.4 is 9.46 Å². The lowest BCUT2D eigenvalue weighted by Crippen LogP contribution is -2.13. The van der Waals surface area contributed by atoms with Crippen LogP contribution in [-0.4, -0.2) is 15.5 Å². The van der Waals surface area contributed by atoms with E-state index in [0.717, 1.165) is 11.3 Å². The number of rotatable bonds is 4. The molecule has 4 nitrogen and oxygen atoms in total. The van der Waals surface area contributed by atoms with Gasteiger partial charge in [-0.25, -0.2) is 8.42 Å². The number of thiophene rings is 1. The Labute approximate surface area is 125 Å². The smallest absolute Gasteiger partial charge is 0.264 e. The standard InChI is InChI=1S/C11H9Cl2NO3S2/c1-17-8-5-3-2-4-7(8)14-19(15,16)9-6-10(12)18-11(9)13/h2-6,14H,1H3. The predicted molar refractivity (Wildman–Crippen MR) is 78.1 cm³/mol. The van der Waals surface area contributed by atoms with Crippen LogP contribution in [0.2, 0.25) is 8.67 Å². The van der Waals surface area contributed by atoms with Crippen LogP contribution in [0.1, 0.15) is 0 Å². The molecular formula is C11H9Cl2NO3S2. The van der Waals surface area contributed by atoms with Gasteiger partial charge in [-0.15, -0.1) is 11.3 Å². The number of anilines is 1. The largest absolute Gasteiger partial charge is 0.495 e. The van der Waals surface area contributed by atoms with Crippen LogP contribution in [0.15, 0.2) is 35.2 Å². The molecular weight excluding hydrogens is 329 g/mol. The van der Waals surface area contributed by atoms with Gasteiger partial charge >= 0.3 is 0 Å². The second-order valence-electron chi connectivity index (χ2n) is 3.49. The number of sulfonamides is 1. The van der Waals surface area contributed by atoms with Crippen molar-refractivity contribution in [2.45, 2.75) is 4.90 Å². The van der Waals surface area contributed by atoms with Crippen molar-refractivity contribution in [1.82, 2.24) is 0 Å². The molecule has 0 amide bonds. The van der Waals surface area contributed by atoms with E-state index in [2.05, 4.69) is 4.72 Å². The first-order chi connectivity index (χ1) is 8.94. The first-order valence-electron chi connectivity index (χ1n) is 5.04. The van der Waals surface area contributed by atoms with Gasteiger partial charge in [-0.1, -0.05) is 35.3 Å². The molecule has 0 aliphatic heterocycles. The van der Waals surface area contributed by atoms with E-state index < -0.39 is 10.0 Å². The molecule has 102 valence electrons. The van der Waals surface area contributed by atoms with Gasteiger partial charge < -0.3 is 4.74 Å². The van der Waals surface area contributed by atoms with Gasteiger partial charge in [0.1, 0.15) is 15.0 Å². The first-order valence-corrected chi connectivity index (χ1v) is 8.10. The van der Waals surface area contributed by atoms with Gasteiger partial charge in [0.05, 0.1) is 17.1 Å². The maximum atomic E-state index is 12.2. The summed E-state index contributed by atoms with van der Waals surface area (Å²) in [5.41, 5.74) is 0.336. The molecule has 0 spiro atoms. The molecule has 0 aliphatic carbocycles. The predicted octanol–water partition coefficient (Wildman–Crippen LogP) is 3.86. The summed E-state index contributed by atoms with van der Waals surface area (Å²) < 4.78 is 32.3. The van der Waals surface area contributed by atoms with E-state index in [1.807, 2.05) is 0 Å². The Morgan fingerprint density at radius 1 is 1.26 bits per heavy atom. The van der Waals surface area contributed by atoms with Crippen molar-refractivity contribution in [2.24, 2.45) is 0 Å². The number of para-hydroxylation sites is 2. The zero-order valence-corrected chi connectivity index (χ0v) is 12.8. The lowest BCUT2D eigenvalue weighted by atomic mass is 10.3. The molecule has 2 aromatic rings. The minimum absolute atomic E-state index is 0.0462. The lowest BCUT2D eigenvalue weighted by molar-refractivity contribution is 0.417. The first kappa shape index (κ1) is 14.5. The van der Waals surface area contributed by atoms with Crippen LogP contribution in [0.3, 0.4) is 0 Å². The Balaban J connectivity index is 2.39. The van der Waals surface area contributed by atoms with E-state index in [9.17, 15) is 8.42 Å². The molecule has 19 heavy (non-hydrogen) atoms. The summed E-state index contributed by atoms with van der Waals surface area (Å²) in [6, 6.07) is 8.00. The molecule has 1 aromatic heterocycles. The average Bonchev–Trinajstić information content (AvgIpc) is 2.69. The Kier molecular flexibility index (Phi) is 4.25. The fourth-order valence-electron chi connectivity index (χ4n) is 1.44. The van der Waals surface area contributed by atoms with Crippen molar-refractivity contribution >= 4 is 50.2 Å². The molecule has 1 aromatic carbocycles. The van der Waals surface area contributed by atoms with Crippen molar-refractivity contribution < 1.29 is 13.2 Å². The molecule has 1 heterocycles. The quantitative estimate of drug-likeness (QED) is 0.921. The molecule has 0 bridgehead atoms. The lowest BCUT2D eigenvalue weighted by Gasteiger charge is -2.10. The monoisotopic (exact) mass is 337 g/mol. The fraction of sp³-hybridized carbons (Fsp3) is 0.0909. The van der Waals surface area contributed by atoms with Crippen LogP contribution in [0.25, 0.3) is 0 Å². The third-order valence-corrected chi connectivity index (χ3v) is 5.38. The van der Waals surface area contributed by atoms with E-state index in [0.29, 0.717) is 15.8 Å². The van der Waals surface area contributed by atoms with Gasteiger partial charge in [-0.2, -0.15) is 0 Å². The van der Waals surface area contributed by atoms with Crippen molar-refractivity contribution in [3.8, 4) is 5.75 Å². The second kappa shape index (κ2) is 5.58. The van der Waals surface area contributed by atoms with Crippen LogP contribution >= 0.6 is 34.5 Å². The van der Waals surface area contributed by atoms with Gasteiger partial charge in [0.15, 0.2) is 0 Å². The van der Waals surface area contributed by atoms with E-state index in [-0.39, 0.29) is 9.23 Å². The van der Waals surface area contributed by atoms with Crippen molar-refractivity contribution in [2.75, 3.05) is 11.8 Å². The molecule has 0 radical (unpaired) electrons. The Bertz CT molecular complexity index is 698. The summed E-state index contributed by atoms with van der Waals surface area (Å²) in [5, 5.41) is 0. The van der Waals surface area contributed by atoms with E-state index in [1.165, 1.54) is 13.2 Å². The highest BCUT2D eigenvalue weighted by atomic mass is 35.5. The third-order valence-electron chi connectivity index (χ3n) is 2.27. The number of halogens is 2. The van der Waals surface area contributed by atoms with Crippen molar-refractivity contribution in [3.05, 3.63) is 39.0 Å². The number of ether oxygens (including phenoxy) is 1. The van der Waals surface area contributed by atoms with Gasteiger partial charge in [-0.3, -0.25) is 4.72 Å². The maximum Gasteiger partial charge on any atom is 0.264 e. The highest BCUT2D eigenvalue weighted by molar-refractivity contribution is 7.93. The van der Waals surface area contributed by atoms with Gasteiger partial charge in [-0.05, 0) is 18.2 Å². The SMILES string of the molecule is COc1ccccc1NS(=O)(=O)c1cc(Cl)sc1Cl. The molecule has 0 atom stereocenters. The molecule has 0 aliphatic rings. The zero-order valence-electron chi connectivity index (χ0n) is 9.68. The summed E-state index contributed by atoms with van der Waals surface area (Å²) in [7, 11) is -2.33. The summed E-state index contributed by atoms with van der Waals surface area (Å²) in [5.74, 6) is 0.420. The van der Waals surface area contributed by atoms with Gasteiger partial charge in [0.2, 0.25) is 0 Å². The van der Waals surface area contributed by atoms with Crippen LogP contribution in [-0.2, 0) is 10.0 Å². The van der Waals surface area contributed by atoms with Gasteiger partial charge in [0.25, 0.3) is 10.0 Å². The van der Waals surface area contributed by atoms with Crippen molar-refractivity contribution in [1.29, 1.82) is 0 Å². The minimum atomic E-state index is -3.79. The van der Waals surface area contributed by atoms with Gasteiger partial charge in [0, 0.05) is 0 Å². The molecule has 0 fully saturated rings. The number of benzene rings is 1. The molecule has 0 saturated carbocycles. The Morgan fingerprint density at radius 3 is 2.53 bits per heavy atom. The third kappa shape index (κ3) is 3.14. The molecule has 0 unspecified atom stereocenters. The Morgan fingerprint density at radius 2 is 1.95 bits per heavy atom. The number of methoxy groups -OCH3 is 1. The highest BCUT2D eigenvalue weighted by Gasteiger charge is 2.22. The van der Waals surface area contributed by atoms with Crippen LogP contribution in [0.4, 0.5) is 5.69 Å².